The lowest BCUT2D eigenvalue weighted by Gasteiger charge is -2.05. The Bertz CT molecular complexity index is 888. The first-order chi connectivity index (χ1) is 11.4. The topological polar surface area (TPSA) is 96.0 Å². The van der Waals surface area contributed by atoms with Crippen LogP contribution in [-0.2, 0) is 4.79 Å². The Morgan fingerprint density at radius 2 is 2.00 bits per heavy atom. The number of halogens is 2. The van der Waals surface area contributed by atoms with E-state index < -0.39 is 10.8 Å². The molecule has 6 nitrogen and oxygen atoms in total. The van der Waals surface area contributed by atoms with Crippen LogP contribution in [0, 0.1) is 21.4 Å². The first-order valence-electron chi connectivity index (χ1n) is 6.53. The second kappa shape index (κ2) is 7.59. The van der Waals surface area contributed by atoms with Crippen molar-refractivity contribution < 1.29 is 9.72 Å². The molecular weight excluding hydrogens is 353 g/mol. The molecular formula is C16H9Cl2N3O3. The Balaban J connectivity index is 2.26. The van der Waals surface area contributed by atoms with Crippen LogP contribution in [0.3, 0.4) is 0 Å². The Hall–Kier alpha value is -2.88. The third-order valence-electron chi connectivity index (χ3n) is 2.94. The number of nitriles is 1. The predicted molar refractivity (Wildman–Crippen MR) is 91.8 cm³/mol. The van der Waals surface area contributed by atoms with E-state index in [4.69, 9.17) is 28.5 Å². The van der Waals surface area contributed by atoms with Crippen molar-refractivity contribution in [1.82, 2.24) is 0 Å². The number of amides is 1. The second-order valence-electron chi connectivity index (χ2n) is 4.60. The van der Waals surface area contributed by atoms with Gasteiger partial charge in [0, 0.05) is 27.9 Å². The highest BCUT2D eigenvalue weighted by Crippen LogP contribution is 2.23. The fourth-order valence-electron chi connectivity index (χ4n) is 1.82. The van der Waals surface area contributed by atoms with Gasteiger partial charge in [-0.3, -0.25) is 14.9 Å². The number of carbonyl (C=O) groups excluding carboxylic acids is 1. The van der Waals surface area contributed by atoms with E-state index in [1.54, 1.807) is 18.2 Å². The van der Waals surface area contributed by atoms with Crippen LogP contribution in [0.5, 0.6) is 0 Å². The molecule has 8 heteroatoms. The van der Waals surface area contributed by atoms with Gasteiger partial charge in [-0.15, -0.1) is 0 Å². The molecule has 2 aromatic rings. The molecule has 24 heavy (non-hydrogen) atoms. The fourth-order valence-corrected chi connectivity index (χ4v) is 2.28. The van der Waals surface area contributed by atoms with Gasteiger partial charge in [0.1, 0.15) is 11.6 Å². The highest BCUT2D eigenvalue weighted by Gasteiger charge is 2.13. The van der Waals surface area contributed by atoms with Crippen LogP contribution in [0.4, 0.5) is 11.4 Å². The Labute approximate surface area is 147 Å². The number of rotatable bonds is 4. The summed E-state index contributed by atoms with van der Waals surface area (Å²) < 4.78 is 0. The van der Waals surface area contributed by atoms with Crippen LogP contribution in [0.15, 0.2) is 48.0 Å². The number of hydrogen-bond donors (Lipinski definition) is 1. The molecule has 2 rings (SSSR count). The summed E-state index contributed by atoms with van der Waals surface area (Å²) >= 11 is 11.8. The minimum atomic E-state index is -0.705. The molecule has 0 aromatic heterocycles. The molecule has 0 aliphatic carbocycles. The summed E-state index contributed by atoms with van der Waals surface area (Å²) in [4.78, 5) is 22.3. The van der Waals surface area contributed by atoms with Crippen molar-refractivity contribution in [3.8, 4) is 6.07 Å². The van der Waals surface area contributed by atoms with Crippen LogP contribution in [-0.4, -0.2) is 10.8 Å². The molecule has 0 radical (unpaired) electrons. The Morgan fingerprint density at radius 3 is 2.62 bits per heavy atom. The van der Waals surface area contributed by atoms with Gasteiger partial charge in [-0.2, -0.15) is 5.26 Å². The summed E-state index contributed by atoms with van der Waals surface area (Å²) in [6.07, 6.45) is 1.31. The molecule has 0 bridgehead atoms. The van der Waals surface area contributed by atoms with Gasteiger partial charge < -0.3 is 5.32 Å². The standard InChI is InChI=1S/C16H9Cl2N3O3/c17-12-5-4-10(15(18)7-12)6-11(9-19)16(22)20-13-2-1-3-14(8-13)21(23)24/h1-8H,(H,20,22)/b11-6-. The lowest BCUT2D eigenvalue weighted by atomic mass is 10.1. The number of nitro groups is 1. The fraction of sp³-hybridized carbons (Fsp3) is 0. The van der Waals surface area contributed by atoms with Gasteiger partial charge in [0.15, 0.2) is 0 Å². The number of hydrogen-bond acceptors (Lipinski definition) is 4. The van der Waals surface area contributed by atoms with E-state index in [9.17, 15) is 14.9 Å². The summed E-state index contributed by atoms with van der Waals surface area (Å²) in [5.41, 5.74) is 0.283. The molecule has 1 N–H and O–H groups in total. The largest absolute Gasteiger partial charge is 0.321 e. The third-order valence-corrected chi connectivity index (χ3v) is 3.50. The van der Waals surface area contributed by atoms with Gasteiger partial charge in [-0.25, -0.2) is 0 Å². The smallest absolute Gasteiger partial charge is 0.271 e. The normalized spacial score (nSPS) is 10.8. The van der Waals surface area contributed by atoms with E-state index in [1.807, 2.05) is 0 Å². The predicted octanol–water partition coefficient (Wildman–Crippen LogP) is 4.45. The molecule has 2 aromatic carbocycles. The van der Waals surface area contributed by atoms with Crippen molar-refractivity contribution >= 4 is 46.6 Å². The summed E-state index contributed by atoms with van der Waals surface area (Å²) in [7, 11) is 0. The van der Waals surface area contributed by atoms with Gasteiger partial charge in [0.2, 0.25) is 0 Å². The van der Waals surface area contributed by atoms with Crippen LogP contribution in [0.1, 0.15) is 5.56 Å². The van der Waals surface area contributed by atoms with Crippen LogP contribution >= 0.6 is 23.2 Å². The van der Waals surface area contributed by atoms with Crippen molar-refractivity contribution in [2.75, 3.05) is 5.32 Å². The van der Waals surface area contributed by atoms with Gasteiger partial charge in [-0.05, 0) is 29.8 Å². The molecule has 0 atom stereocenters. The summed E-state index contributed by atoms with van der Waals surface area (Å²) in [5, 5.41) is 23.1. The number of anilines is 1. The minimum absolute atomic E-state index is 0.170. The van der Waals surface area contributed by atoms with Gasteiger partial charge in [0.25, 0.3) is 11.6 Å². The number of nitrogens with zero attached hydrogens (tertiary/aromatic N) is 2. The van der Waals surface area contributed by atoms with Crippen LogP contribution in [0.2, 0.25) is 10.0 Å². The number of carbonyl (C=O) groups is 1. The van der Waals surface area contributed by atoms with Crippen molar-refractivity contribution in [3.05, 3.63) is 73.8 Å². The average molecular weight is 362 g/mol. The second-order valence-corrected chi connectivity index (χ2v) is 5.44. The van der Waals surface area contributed by atoms with Crippen molar-refractivity contribution in [2.45, 2.75) is 0 Å². The first kappa shape index (κ1) is 17.5. The SMILES string of the molecule is N#C/C(=C/c1ccc(Cl)cc1Cl)C(=O)Nc1cccc([N+](=O)[O-])c1. The van der Waals surface area contributed by atoms with E-state index in [1.165, 1.54) is 36.4 Å². The highest BCUT2D eigenvalue weighted by atomic mass is 35.5. The Kier molecular flexibility index (Phi) is 5.53. The van der Waals surface area contributed by atoms with Crippen molar-refractivity contribution in [2.24, 2.45) is 0 Å². The Morgan fingerprint density at radius 1 is 1.25 bits per heavy atom. The molecule has 0 saturated carbocycles. The third kappa shape index (κ3) is 4.32. The van der Waals surface area contributed by atoms with Crippen LogP contribution in [0.25, 0.3) is 6.08 Å². The molecule has 1 amide bonds. The molecule has 0 unspecified atom stereocenters. The number of benzene rings is 2. The zero-order valence-electron chi connectivity index (χ0n) is 12.0. The maximum absolute atomic E-state index is 12.2. The van der Waals surface area contributed by atoms with Gasteiger partial charge >= 0.3 is 0 Å². The van der Waals surface area contributed by atoms with E-state index in [2.05, 4.69) is 5.32 Å². The number of nitrogens with one attached hydrogen (secondary N) is 1. The quantitative estimate of drug-likeness (QED) is 0.376. The number of non-ortho nitro benzene ring substituents is 1. The molecule has 0 fully saturated rings. The van der Waals surface area contributed by atoms with Crippen molar-refractivity contribution in [1.29, 1.82) is 5.26 Å². The zero-order chi connectivity index (χ0) is 17.7. The van der Waals surface area contributed by atoms with E-state index >= 15 is 0 Å². The zero-order valence-corrected chi connectivity index (χ0v) is 13.5. The highest BCUT2D eigenvalue weighted by molar-refractivity contribution is 6.35. The summed E-state index contributed by atoms with van der Waals surface area (Å²) in [6.45, 7) is 0. The molecule has 0 saturated heterocycles. The molecule has 0 aliphatic rings. The minimum Gasteiger partial charge on any atom is -0.321 e. The maximum atomic E-state index is 12.2. The molecule has 0 aliphatic heterocycles. The van der Waals surface area contributed by atoms with Gasteiger partial charge in [0.05, 0.1) is 4.92 Å². The van der Waals surface area contributed by atoms with Crippen LogP contribution < -0.4 is 5.32 Å². The first-order valence-corrected chi connectivity index (χ1v) is 7.29. The number of nitro benzene ring substituents is 1. The van der Waals surface area contributed by atoms with E-state index in [0.29, 0.717) is 15.6 Å². The monoisotopic (exact) mass is 361 g/mol. The van der Waals surface area contributed by atoms with E-state index in [-0.39, 0.29) is 16.9 Å². The van der Waals surface area contributed by atoms with E-state index in [0.717, 1.165) is 0 Å². The summed E-state index contributed by atoms with van der Waals surface area (Å²) in [5.74, 6) is -0.705. The van der Waals surface area contributed by atoms with Gasteiger partial charge in [-0.1, -0.05) is 35.3 Å². The lowest BCUT2D eigenvalue weighted by Crippen LogP contribution is -2.13. The lowest BCUT2D eigenvalue weighted by molar-refractivity contribution is -0.384. The average Bonchev–Trinajstić information content (AvgIpc) is 2.54. The summed E-state index contributed by atoms with van der Waals surface area (Å²) in [6, 6.07) is 11.8. The van der Waals surface area contributed by atoms with Crippen molar-refractivity contribution in [3.63, 3.8) is 0 Å². The maximum Gasteiger partial charge on any atom is 0.271 e. The molecule has 0 spiro atoms. The molecule has 120 valence electrons. The molecule has 0 heterocycles.